The van der Waals surface area contributed by atoms with Crippen LogP contribution in [0.3, 0.4) is 0 Å². The van der Waals surface area contributed by atoms with Crippen molar-refractivity contribution in [1.82, 2.24) is 15.3 Å². The van der Waals surface area contributed by atoms with Crippen molar-refractivity contribution < 1.29 is 9.47 Å². The Morgan fingerprint density at radius 2 is 2.00 bits per heavy atom. The first-order chi connectivity index (χ1) is 8.22. The van der Waals surface area contributed by atoms with Crippen LogP contribution < -0.4 is 14.8 Å². The van der Waals surface area contributed by atoms with E-state index in [0.717, 1.165) is 19.5 Å². The lowest BCUT2D eigenvalue weighted by molar-refractivity contribution is 0.224. The normalized spacial score (nSPS) is 10.6. The highest BCUT2D eigenvalue weighted by atomic mass is 16.5. The molecule has 0 radical (unpaired) electrons. The molecule has 0 aliphatic rings. The molecule has 0 amide bonds. The second-order valence-corrected chi connectivity index (χ2v) is 3.96. The first kappa shape index (κ1) is 13.7. The average Bonchev–Trinajstić information content (AvgIpc) is 2.28. The molecule has 0 saturated carbocycles. The van der Waals surface area contributed by atoms with E-state index < -0.39 is 0 Å². The Hall–Kier alpha value is -1.36. The Labute approximate surface area is 103 Å². The number of nitrogens with one attached hydrogen (secondary N) is 1. The van der Waals surface area contributed by atoms with Gasteiger partial charge in [0.1, 0.15) is 6.61 Å². The van der Waals surface area contributed by atoms with Crippen LogP contribution in [0, 0.1) is 0 Å². The van der Waals surface area contributed by atoms with Gasteiger partial charge in [-0.1, -0.05) is 6.92 Å². The van der Waals surface area contributed by atoms with Crippen LogP contribution in [-0.4, -0.2) is 35.8 Å². The molecule has 1 N–H and O–H groups in total. The Morgan fingerprint density at radius 3 is 2.71 bits per heavy atom. The van der Waals surface area contributed by atoms with E-state index in [1.54, 1.807) is 12.4 Å². The molecule has 0 aliphatic heterocycles. The van der Waals surface area contributed by atoms with Gasteiger partial charge in [0.25, 0.3) is 0 Å². The fraction of sp³-hybridized carbons (Fsp3) is 0.667. The molecule has 5 heteroatoms. The average molecular weight is 239 g/mol. The van der Waals surface area contributed by atoms with Crippen LogP contribution in [0.5, 0.6) is 11.8 Å². The van der Waals surface area contributed by atoms with E-state index in [0.29, 0.717) is 18.4 Å². The molecule has 17 heavy (non-hydrogen) atoms. The molecule has 1 aromatic rings. The van der Waals surface area contributed by atoms with Crippen LogP contribution in [0.2, 0.25) is 0 Å². The first-order valence-electron chi connectivity index (χ1n) is 6.04. The summed E-state index contributed by atoms with van der Waals surface area (Å²) in [7, 11) is 0. The van der Waals surface area contributed by atoms with Crippen molar-refractivity contribution in [3.63, 3.8) is 0 Å². The molecular formula is C12H21N3O2. The number of hydrogen-bond donors (Lipinski definition) is 1. The number of rotatable bonds is 8. The van der Waals surface area contributed by atoms with Crippen LogP contribution in [0.25, 0.3) is 0 Å². The summed E-state index contributed by atoms with van der Waals surface area (Å²) in [6, 6.07) is 0. The lowest BCUT2D eigenvalue weighted by Crippen LogP contribution is -2.21. The maximum Gasteiger partial charge on any atom is 0.235 e. The smallest absolute Gasteiger partial charge is 0.235 e. The van der Waals surface area contributed by atoms with Crippen molar-refractivity contribution in [2.45, 2.75) is 33.3 Å². The Bertz CT molecular complexity index is 318. The van der Waals surface area contributed by atoms with E-state index in [1.165, 1.54) is 0 Å². The summed E-state index contributed by atoms with van der Waals surface area (Å²) in [5.74, 6) is 1.00. The third-order valence-electron chi connectivity index (χ3n) is 1.90. The molecule has 0 aromatic carbocycles. The zero-order chi connectivity index (χ0) is 12.5. The topological polar surface area (TPSA) is 56.3 Å². The first-order valence-corrected chi connectivity index (χ1v) is 6.04. The van der Waals surface area contributed by atoms with Crippen molar-refractivity contribution >= 4 is 0 Å². The van der Waals surface area contributed by atoms with Crippen LogP contribution in [-0.2, 0) is 0 Å². The van der Waals surface area contributed by atoms with Gasteiger partial charge < -0.3 is 14.8 Å². The fourth-order valence-corrected chi connectivity index (χ4v) is 1.23. The SMILES string of the molecule is CCCNCCOc1cncc(OC(C)C)n1. The Morgan fingerprint density at radius 1 is 1.24 bits per heavy atom. The van der Waals surface area contributed by atoms with Gasteiger partial charge in [0, 0.05) is 6.54 Å². The summed E-state index contributed by atoms with van der Waals surface area (Å²) in [6.07, 6.45) is 4.39. The lowest BCUT2D eigenvalue weighted by Gasteiger charge is -2.10. The number of nitrogens with zero attached hydrogens (tertiary/aromatic N) is 2. The highest BCUT2D eigenvalue weighted by molar-refractivity contribution is 5.12. The maximum atomic E-state index is 5.46. The van der Waals surface area contributed by atoms with Gasteiger partial charge in [0.15, 0.2) is 0 Å². The van der Waals surface area contributed by atoms with Crippen molar-refractivity contribution in [1.29, 1.82) is 0 Å². The third kappa shape index (κ3) is 6.06. The van der Waals surface area contributed by atoms with E-state index in [2.05, 4.69) is 22.2 Å². The van der Waals surface area contributed by atoms with E-state index in [1.807, 2.05) is 13.8 Å². The van der Waals surface area contributed by atoms with Gasteiger partial charge in [-0.2, -0.15) is 4.98 Å². The molecule has 0 atom stereocenters. The third-order valence-corrected chi connectivity index (χ3v) is 1.90. The molecular weight excluding hydrogens is 218 g/mol. The molecule has 5 nitrogen and oxygen atoms in total. The number of hydrogen-bond acceptors (Lipinski definition) is 5. The van der Waals surface area contributed by atoms with Gasteiger partial charge in [0.05, 0.1) is 18.5 Å². The van der Waals surface area contributed by atoms with Gasteiger partial charge >= 0.3 is 0 Å². The minimum atomic E-state index is 0.0887. The zero-order valence-corrected chi connectivity index (χ0v) is 10.8. The number of ether oxygens (including phenoxy) is 2. The summed E-state index contributed by atoms with van der Waals surface area (Å²) in [5.41, 5.74) is 0. The van der Waals surface area contributed by atoms with Crippen molar-refractivity contribution in [3.8, 4) is 11.8 Å². The number of aromatic nitrogens is 2. The monoisotopic (exact) mass is 239 g/mol. The molecule has 0 fully saturated rings. The van der Waals surface area contributed by atoms with Crippen molar-refractivity contribution in [2.24, 2.45) is 0 Å². The predicted octanol–water partition coefficient (Wildman–Crippen LogP) is 1.64. The second kappa shape index (κ2) is 7.84. The standard InChI is InChI=1S/C12H21N3O2/c1-4-5-13-6-7-16-11-8-14-9-12(15-11)17-10(2)3/h8-10,13H,4-7H2,1-3H3. The van der Waals surface area contributed by atoms with Crippen molar-refractivity contribution in [2.75, 3.05) is 19.7 Å². The second-order valence-electron chi connectivity index (χ2n) is 3.96. The van der Waals surface area contributed by atoms with Crippen LogP contribution in [0.15, 0.2) is 12.4 Å². The lowest BCUT2D eigenvalue weighted by atomic mass is 10.5. The largest absolute Gasteiger partial charge is 0.475 e. The molecule has 0 unspecified atom stereocenters. The highest BCUT2D eigenvalue weighted by Gasteiger charge is 2.02. The summed E-state index contributed by atoms with van der Waals surface area (Å²) >= 11 is 0. The summed E-state index contributed by atoms with van der Waals surface area (Å²) in [6.45, 7) is 8.43. The summed E-state index contributed by atoms with van der Waals surface area (Å²) < 4.78 is 10.9. The minimum absolute atomic E-state index is 0.0887. The molecule has 1 rings (SSSR count). The zero-order valence-electron chi connectivity index (χ0n) is 10.8. The van der Waals surface area contributed by atoms with Gasteiger partial charge in [-0.05, 0) is 26.8 Å². The van der Waals surface area contributed by atoms with Crippen LogP contribution in [0.4, 0.5) is 0 Å². The van der Waals surface area contributed by atoms with Gasteiger partial charge in [-0.25, -0.2) is 0 Å². The molecule has 0 saturated heterocycles. The molecule has 0 bridgehead atoms. The molecule has 0 spiro atoms. The summed E-state index contributed by atoms with van der Waals surface area (Å²) in [4.78, 5) is 8.22. The van der Waals surface area contributed by atoms with Crippen molar-refractivity contribution in [3.05, 3.63) is 12.4 Å². The summed E-state index contributed by atoms with van der Waals surface area (Å²) in [5, 5.41) is 3.25. The fourth-order valence-electron chi connectivity index (χ4n) is 1.23. The maximum absolute atomic E-state index is 5.46. The quantitative estimate of drug-likeness (QED) is 0.699. The highest BCUT2D eigenvalue weighted by Crippen LogP contribution is 2.12. The Kier molecular flexibility index (Phi) is 6.32. The van der Waals surface area contributed by atoms with E-state index in [-0.39, 0.29) is 6.10 Å². The molecule has 96 valence electrons. The molecule has 0 aliphatic carbocycles. The minimum Gasteiger partial charge on any atom is -0.475 e. The predicted molar refractivity (Wildman–Crippen MR) is 66.5 cm³/mol. The van der Waals surface area contributed by atoms with Gasteiger partial charge in [-0.3, -0.25) is 4.98 Å². The molecule has 1 heterocycles. The molecule has 1 aromatic heterocycles. The Balaban J connectivity index is 2.32. The van der Waals surface area contributed by atoms with E-state index >= 15 is 0 Å². The van der Waals surface area contributed by atoms with Gasteiger partial charge in [-0.15, -0.1) is 0 Å². The van der Waals surface area contributed by atoms with E-state index in [4.69, 9.17) is 9.47 Å². The van der Waals surface area contributed by atoms with Crippen LogP contribution >= 0.6 is 0 Å². The van der Waals surface area contributed by atoms with Crippen LogP contribution in [0.1, 0.15) is 27.2 Å². The van der Waals surface area contributed by atoms with Gasteiger partial charge in [0.2, 0.25) is 11.8 Å². The van der Waals surface area contributed by atoms with E-state index in [9.17, 15) is 0 Å².